The van der Waals surface area contributed by atoms with Gasteiger partial charge in [-0.25, -0.2) is 0 Å². The molecule has 0 radical (unpaired) electrons. The molecule has 4 nitrogen and oxygen atoms in total. The Morgan fingerprint density at radius 2 is 1.13 bits per heavy atom. The minimum absolute atomic E-state index is 0.0454. The van der Waals surface area contributed by atoms with E-state index in [1.165, 1.54) is 10.1 Å². The summed E-state index contributed by atoms with van der Waals surface area (Å²) >= 11 is 1.75. The van der Waals surface area contributed by atoms with Crippen molar-refractivity contribution in [3.63, 3.8) is 0 Å². The van der Waals surface area contributed by atoms with Crippen molar-refractivity contribution >= 4 is 80.6 Å². The van der Waals surface area contributed by atoms with Gasteiger partial charge < -0.3 is 8.97 Å². The van der Waals surface area contributed by atoms with Gasteiger partial charge in [-0.2, -0.15) is 0 Å². The lowest BCUT2D eigenvalue weighted by atomic mass is 10.0. The third kappa shape index (κ3) is 2.53. The maximum Gasteiger partial charge on any atom is 0.197 e. The third-order valence-corrected chi connectivity index (χ3v) is 9.22. The number of nitrogens with zero attached hydrogens (tertiary/aromatic N) is 2. The van der Waals surface area contributed by atoms with Crippen LogP contribution in [0.4, 0.5) is 0 Å². The Balaban J connectivity index is 1.69. The van der Waals surface area contributed by atoms with Gasteiger partial charge in [-0.05, 0) is 54.6 Å². The molecule has 0 bridgehead atoms. The molecule has 5 heteroatoms. The smallest absolute Gasteiger partial charge is 0.197 e. The average molecular weight is 519 g/mol. The Kier molecular flexibility index (Phi) is 3.93. The molecule has 0 unspecified atom stereocenters. The van der Waals surface area contributed by atoms with Gasteiger partial charge >= 0.3 is 0 Å². The number of fused-ring (bicyclic) bond motifs is 10. The number of pyridine rings is 2. The van der Waals surface area contributed by atoms with E-state index in [0.29, 0.717) is 27.1 Å². The van der Waals surface area contributed by atoms with Crippen molar-refractivity contribution in [2.24, 2.45) is 0 Å². The summed E-state index contributed by atoms with van der Waals surface area (Å²) in [5.74, 6) is 0. The highest BCUT2D eigenvalue weighted by Crippen LogP contribution is 2.45. The third-order valence-electron chi connectivity index (χ3n) is 8.04. The van der Waals surface area contributed by atoms with Crippen LogP contribution in [-0.4, -0.2) is 8.97 Å². The quantitative estimate of drug-likeness (QED) is 0.164. The number of benzene rings is 5. The Morgan fingerprint density at radius 1 is 0.487 bits per heavy atom. The highest BCUT2D eigenvalue weighted by atomic mass is 32.1. The summed E-state index contributed by atoms with van der Waals surface area (Å²) in [4.78, 5) is 27.7. The SMILES string of the molecule is O=c1c2ccccc2n2c3c1cccc3c(=O)c1ccc3c(c4sc5ccccc5c4n3-c3ccccc3)c12. The Hall–Kier alpha value is -5.00. The second-order valence-electron chi connectivity index (χ2n) is 10.0. The first-order valence-electron chi connectivity index (χ1n) is 12.9. The standard InChI is InChI=1S/C34H18N2O2S/c37-32-20-11-4-6-15-25(20)36-29-22(32)13-8-14-23(29)33(38)24-17-18-26-28(30(24)36)34-31(21-12-5-7-16-27(21)39-34)35(26)19-9-2-1-3-10-19/h1-18H. The van der Waals surface area contributed by atoms with E-state index >= 15 is 0 Å². The van der Waals surface area contributed by atoms with E-state index in [0.717, 1.165) is 37.8 Å². The van der Waals surface area contributed by atoms with Crippen molar-refractivity contribution in [2.75, 3.05) is 0 Å². The predicted octanol–water partition coefficient (Wildman–Crippen LogP) is 7.87. The molecule has 0 fully saturated rings. The van der Waals surface area contributed by atoms with Crippen molar-refractivity contribution < 1.29 is 0 Å². The fraction of sp³-hybridized carbons (Fsp3) is 0. The average Bonchev–Trinajstić information content (AvgIpc) is 3.52. The van der Waals surface area contributed by atoms with E-state index in [1.54, 1.807) is 11.3 Å². The Morgan fingerprint density at radius 3 is 1.95 bits per heavy atom. The van der Waals surface area contributed by atoms with Crippen molar-refractivity contribution in [2.45, 2.75) is 0 Å². The van der Waals surface area contributed by atoms with Crippen LogP contribution in [0.15, 0.2) is 119 Å². The zero-order chi connectivity index (χ0) is 25.8. The molecule has 0 aliphatic carbocycles. The molecule has 182 valence electrons. The lowest BCUT2D eigenvalue weighted by molar-refractivity contribution is 1.19. The van der Waals surface area contributed by atoms with Gasteiger partial charge in [0.1, 0.15) is 0 Å². The van der Waals surface area contributed by atoms with Gasteiger partial charge in [0.25, 0.3) is 0 Å². The molecule has 0 saturated carbocycles. The Bertz CT molecular complexity index is 2580. The molecule has 0 aliphatic heterocycles. The molecular formula is C34H18N2O2S. The molecule has 4 aromatic heterocycles. The van der Waals surface area contributed by atoms with Crippen molar-refractivity contribution in [3.8, 4) is 5.69 Å². The van der Waals surface area contributed by atoms with Crippen LogP contribution in [0, 0.1) is 0 Å². The van der Waals surface area contributed by atoms with Gasteiger partial charge in [-0.1, -0.05) is 54.6 Å². The molecule has 0 N–H and O–H groups in total. The molecular weight excluding hydrogens is 500 g/mol. The molecule has 9 rings (SSSR count). The summed E-state index contributed by atoms with van der Waals surface area (Å²) in [6.07, 6.45) is 0. The zero-order valence-corrected chi connectivity index (χ0v) is 21.3. The summed E-state index contributed by atoms with van der Waals surface area (Å²) in [6.45, 7) is 0. The lowest BCUT2D eigenvalue weighted by Gasteiger charge is -2.15. The highest BCUT2D eigenvalue weighted by molar-refractivity contribution is 7.26. The summed E-state index contributed by atoms with van der Waals surface area (Å²) in [6, 6.07) is 36.1. The fourth-order valence-corrected chi connectivity index (χ4v) is 7.69. The molecule has 5 aromatic carbocycles. The zero-order valence-electron chi connectivity index (χ0n) is 20.5. The number of rotatable bonds is 1. The minimum Gasteiger partial charge on any atom is -0.308 e. The van der Waals surface area contributed by atoms with E-state index < -0.39 is 0 Å². The molecule has 39 heavy (non-hydrogen) atoms. The topological polar surface area (TPSA) is 43.5 Å². The normalized spacial score (nSPS) is 12.3. The summed E-state index contributed by atoms with van der Waals surface area (Å²) in [5.41, 5.74) is 5.50. The van der Waals surface area contributed by atoms with Crippen LogP contribution in [0.3, 0.4) is 0 Å². The summed E-state index contributed by atoms with van der Waals surface area (Å²) in [7, 11) is 0. The summed E-state index contributed by atoms with van der Waals surface area (Å²) < 4.78 is 6.81. The number of para-hydroxylation sites is 3. The van der Waals surface area contributed by atoms with E-state index in [4.69, 9.17) is 0 Å². The summed E-state index contributed by atoms with van der Waals surface area (Å²) in [5, 5.41) is 4.65. The van der Waals surface area contributed by atoms with E-state index in [9.17, 15) is 9.59 Å². The van der Waals surface area contributed by atoms with Crippen LogP contribution in [0.25, 0.3) is 75.0 Å². The Labute approximate surface area is 224 Å². The van der Waals surface area contributed by atoms with Gasteiger partial charge in [0, 0.05) is 42.7 Å². The van der Waals surface area contributed by atoms with Crippen molar-refractivity contribution in [1.29, 1.82) is 0 Å². The van der Waals surface area contributed by atoms with Crippen molar-refractivity contribution in [3.05, 3.63) is 130 Å². The highest BCUT2D eigenvalue weighted by Gasteiger charge is 2.24. The fourth-order valence-electron chi connectivity index (χ4n) is 6.45. The minimum atomic E-state index is -0.0473. The van der Waals surface area contributed by atoms with Crippen molar-refractivity contribution in [1.82, 2.24) is 8.97 Å². The number of thiophene rings is 1. The van der Waals surface area contributed by atoms with E-state index in [2.05, 4.69) is 63.6 Å². The van der Waals surface area contributed by atoms with Crippen LogP contribution in [0.2, 0.25) is 0 Å². The second kappa shape index (κ2) is 7.31. The largest absolute Gasteiger partial charge is 0.308 e. The van der Waals surface area contributed by atoms with Gasteiger partial charge in [-0.15, -0.1) is 11.3 Å². The molecule has 0 saturated heterocycles. The maximum atomic E-state index is 14.1. The van der Waals surface area contributed by atoms with Gasteiger partial charge in [-0.3, -0.25) is 9.59 Å². The molecule has 0 spiro atoms. The van der Waals surface area contributed by atoms with Gasteiger partial charge in [0.05, 0.1) is 32.3 Å². The first kappa shape index (κ1) is 21.0. The number of aromatic nitrogens is 2. The lowest BCUT2D eigenvalue weighted by Crippen LogP contribution is -2.14. The predicted molar refractivity (Wildman–Crippen MR) is 163 cm³/mol. The monoisotopic (exact) mass is 518 g/mol. The van der Waals surface area contributed by atoms with Crippen LogP contribution in [0.5, 0.6) is 0 Å². The molecule has 0 atom stereocenters. The first-order chi connectivity index (χ1) is 19.2. The van der Waals surface area contributed by atoms with E-state index in [-0.39, 0.29) is 10.9 Å². The van der Waals surface area contributed by atoms with Gasteiger partial charge in [0.15, 0.2) is 10.9 Å². The van der Waals surface area contributed by atoms with Gasteiger partial charge in [0.2, 0.25) is 0 Å². The van der Waals surface area contributed by atoms with Crippen LogP contribution >= 0.6 is 11.3 Å². The van der Waals surface area contributed by atoms with E-state index in [1.807, 2.05) is 54.6 Å². The maximum absolute atomic E-state index is 14.1. The molecule has 9 aromatic rings. The molecule has 4 heterocycles. The number of hydrogen-bond donors (Lipinski definition) is 0. The van der Waals surface area contributed by atoms with Crippen LogP contribution in [0.1, 0.15) is 0 Å². The number of hydrogen-bond acceptors (Lipinski definition) is 3. The molecule has 0 aliphatic rings. The molecule has 0 amide bonds. The second-order valence-corrected chi connectivity index (χ2v) is 11.1. The first-order valence-corrected chi connectivity index (χ1v) is 13.7. The van der Waals surface area contributed by atoms with Crippen LogP contribution < -0.4 is 10.9 Å². The van der Waals surface area contributed by atoms with Crippen LogP contribution in [-0.2, 0) is 0 Å².